The number of nitrogen functional groups attached to an aromatic ring is 1. The number of carbonyl (C=O) groups is 2. The zero-order chi connectivity index (χ0) is 17.4. The lowest BCUT2D eigenvalue weighted by Gasteiger charge is -2.09. The first kappa shape index (κ1) is 16.9. The number of urea groups is 1. The van der Waals surface area contributed by atoms with Crippen molar-refractivity contribution in [2.45, 2.75) is 6.54 Å². The van der Waals surface area contributed by atoms with Crippen molar-refractivity contribution in [3.63, 3.8) is 0 Å². The highest BCUT2D eigenvalue weighted by atomic mass is 16.2. The molecule has 24 heavy (non-hydrogen) atoms. The average molecular weight is 322 g/mol. The molecule has 0 radical (unpaired) electrons. The van der Waals surface area contributed by atoms with Crippen molar-refractivity contribution in [3.8, 4) is 12.3 Å². The number of para-hydroxylation sites is 2. The minimum atomic E-state index is -0.339. The monoisotopic (exact) mass is 322 g/mol. The smallest absolute Gasteiger partial charge is 0.315 e. The second kappa shape index (κ2) is 8.25. The molecule has 0 aliphatic carbocycles. The molecule has 0 saturated carbocycles. The molecule has 2 aromatic carbocycles. The summed E-state index contributed by atoms with van der Waals surface area (Å²) >= 11 is 0. The largest absolute Gasteiger partial charge is 0.397 e. The molecular formula is C18H18N4O2. The number of carbonyl (C=O) groups excluding carboxylic acids is 2. The number of amides is 3. The summed E-state index contributed by atoms with van der Waals surface area (Å²) in [4.78, 5) is 23.6. The van der Waals surface area contributed by atoms with Gasteiger partial charge in [-0.1, -0.05) is 30.2 Å². The van der Waals surface area contributed by atoms with Crippen LogP contribution >= 0.6 is 0 Å². The Morgan fingerprint density at radius 3 is 2.42 bits per heavy atom. The second-order valence-electron chi connectivity index (χ2n) is 4.98. The molecule has 0 atom stereocenters. The van der Waals surface area contributed by atoms with Gasteiger partial charge in [-0.05, 0) is 29.8 Å². The third-order valence-electron chi connectivity index (χ3n) is 3.23. The lowest BCUT2D eigenvalue weighted by atomic mass is 10.1. The summed E-state index contributed by atoms with van der Waals surface area (Å²) in [7, 11) is 0. The van der Waals surface area contributed by atoms with E-state index in [-0.39, 0.29) is 18.5 Å². The zero-order valence-electron chi connectivity index (χ0n) is 13.0. The van der Waals surface area contributed by atoms with E-state index in [0.29, 0.717) is 23.5 Å². The fourth-order valence-electron chi connectivity index (χ4n) is 1.96. The number of terminal acetylenes is 1. The van der Waals surface area contributed by atoms with E-state index in [2.05, 4.69) is 21.9 Å². The summed E-state index contributed by atoms with van der Waals surface area (Å²) in [5, 5.41) is 7.93. The van der Waals surface area contributed by atoms with Gasteiger partial charge in [0.15, 0.2) is 0 Å². The topological polar surface area (TPSA) is 96.2 Å². The first-order chi connectivity index (χ1) is 11.6. The summed E-state index contributed by atoms with van der Waals surface area (Å²) in [6, 6.07) is 13.6. The van der Waals surface area contributed by atoms with E-state index in [1.54, 1.807) is 48.5 Å². The fourth-order valence-corrected chi connectivity index (χ4v) is 1.96. The lowest BCUT2D eigenvalue weighted by molar-refractivity contribution is 0.102. The molecule has 0 bridgehead atoms. The molecule has 0 aliphatic heterocycles. The van der Waals surface area contributed by atoms with Crippen LogP contribution in [0.4, 0.5) is 16.2 Å². The van der Waals surface area contributed by atoms with Crippen molar-refractivity contribution in [2.75, 3.05) is 17.6 Å². The van der Waals surface area contributed by atoms with Gasteiger partial charge in [-0.3, -0.25) is 4.79 Å². The molecule has 6 nitrogen and oxygen atoms in total. The maximum atomic E-state index is 12.2. The minimum absolute atomic E-state index is 0.174. The third kappa shape index (κ3) is 4.78. The number of hydrogen-bond donors (Lipinski definition) is 4. The number of benzene rings is 2. The summed E-state index contributed by atoms with van der Waals surface area (Å²) in [6.07, 6.45) is 5.06. The van der Waals surface area contributed by atoms with Gasteiger partial charge in [0.25, 0.3) is 5.91 Å². The van der Waals surface area contributed by atoms with Crippen LogP contribution in [0.2, 0.25) is 0 Å². The Hall–Kier alpha value is -3.46. The molecule has 122 valence electrons. The average Bonchev–Trinajstić information content (AvgIpc) is 2.60. The predicted octanol–water partition coefficient (Wildman–Crippen LogP) is 1.95. The number of nitrogens with two attached hydrogens (primary N) is 1. The van der Waals surface area contributed by atoms with Crippen LogP contribution in [0.15, 0.2) is 48.5 Å². The molecule has 2 rings (SSSR count). The zero-order valence-corrected chi connectivity index (χ0v) is 13.0. The molecule has 0 unspecified atom stereocenters. The highest BCUT2D eigenvalue weighted by Gasteiger charge is 2.08. The van der Waals surface area contributed by atoms with Gasteiger partial charge in [-0.2, -0.15) is 0 Å². The van der Waals surface area contributed by atoms with E-state index < -0.39 is 0 Å². The molecule has 0 heterocycles. The van der Waals surface area contributed by atoms with Gasteiger partial charge in [0, 0.05) is 12.1 Å². The molecule has 0 saturated heterocycles. The molecule has 2 aromatic rings. The maximum absolute atomic E-state index is 12.2. The highest BCUT2D eigenvalue weighted by Crippen LogP contribution is 2.18. The van der Waals surface area contributed by atoms with Gasteiger partial charge in [0.1, 0.15) is 0 Å². The van der Waals surface area contributed by atoms with E-state index in [9.17, 15) is 9.59 Å². The second-order valence-corrected chi connectivity index (χ2v) is 4.98. The Labute approximate surface area is 140 Å². The summed E-state index contributed by atoms with van der Waals surface area (Å²) < 4.78 is 0. The van der Waals surface area contributed by atoms with Crippen LogP contribution in [0.3, 0.4) is 0 Å². The Morgan fingerprint density at radius 2 is 1.75 bits per heavy atom. The number of rotatable bonds is 5. The van der Waals surface area contributed by atoms with Crippen LogP contribution in [-0.4, -0.2) is 18.5 Å². The Morgan fingerprint density at radius 1 is 1.04 bits per heavy atom. The van der Waals surface area contributed by atoms with Crippen LogP contribution in [0.5, 0.6) is 0 Å². The number of hydrogen-bond acceptors (Lipinski definition) is 3. The van der Waals surface area contributed by atoms with E-state index >= 15 is 0 Å². The van der Waals surface area contributed by atoms with Crippen molar-refractivity contribution < 1.29 is 9.59 Å². The standard InChI is InChI=1S/C18H18N4O2/c1-2-11-20-18(24)21-12-13-7-9-14(10-8-13)17(23)22-16-6-4-3-5-15(16)19/h1,3-10H,11-12,19H2,(H,22,23)(H2,20,21,24). The van der Waals surface area contributed by atoms with Crippen molar-refractivity contribution in [1.29, 1.82) is 0 Å². The Bertz CT molecular complexity index is 763. The molecule has 0 aromatic heterocycles. The van der Waals surface area contributed by atoms with Crippen LogP contribution in [0.1, 0.15) is 15.9 Å². The van der Waals surface area contributed by atoms with Gasteiger partial charge < -0.3 is 21.7 Å². The van der Waals surface area contributed by atoms with Crippen molar-refractivity contribution in [3.05, 3.63) is 59.7 Å². The minimum Gasteiger partial charge on any atom is -0.397 e. The van der Waals surface area contributed by atoms with E-state index in [0.717, 1.165) is 5.56 Å². The Kier molecular flexibility index (Phi) is 5.81. The van der Waals surface area contributed by atoms with Crippen molar-refractivity contribution in [1.82, 2.24) is 10.6 Å². The molecule has 5 N–H and O–H groups in total. The summed E-state index contributed by atoms with van der Waals surface area (Å²) in [6.45, 7) is 0.511. The highest BCUT2D eigenvalue weighted by molar-refractivity contribution is 6.05. The van der Waals surface area contributed by atoms with Gasteiger partial charge in [0.2, 0.25) is 0 Å². The van der Waals surface area contributed by atoms with Crippen LogP contribution in [0.25, 0.3) is 0 Å². The SMILES string of the molecule is C#CCNC(=O)NCc1ccc(C(=O)Nc2ccccc2N)cc1. The molecule has 6 heteroatoms. The van der Waals surface area contributed by atoms with Crippen LogP contribution < -0.4 is 21.7 Å². The van der Waals surface area contributed by atoms with Crippen molar-refractivity contribution in [2.24, 2.45) is 0 Å². The summed E-state index contributed by atoms with van der Waals surface area (Å²) in [5.41, 5.74) is 8.23. The summed E-state index contributed by atoms with van der Waals surface area (Å²) in [5.74, 6) is 2.06. The number of nitrogens with one attached hydrogen (secondary N) is 3. The quantitative estimate of drug-likeness (QED) is 0.500. The normalized spacial score (nSPS) is 9.62. The predicted molar refractivity (Wildman–Crippen MR) is 94.3 cm³/mol. The van der Waals surface area contributed by atoms with Crippen molar-refractivity contribution >= 4 is 23.3 Å². The number of anilines is 2. The first-order valence-corrected chi connectivity index (χ1v) is 7.30. The lowest BCUT2D eigenvalue weighted by Crippen LogP contribution is -2.35. The fraction of sp³-hybridized carbons (Fsp3) is 0.111. The van der Waals surface area contributed by atoms with Gasteiger partial charge >= 0.3 is 6.03 Å². The maximum Gasteiger partial charge on any atom is 0.315 e. The Balaban J connectivity index is 1.92. The van der Waals surface area contributed by atoms with Crippen LogP contribution in [-0.2, 0) is 6.54 Å². The molecular weight excluding hydrogens is 304 g/mol. The van der Waals surface area contributed by atoms with E-state index in [4.69, 9.17) is 12.2 Å². The van der Waals surface area contributed by atoms with E-state index in [1.165, 1.54) is 0 Å². The third-order valence-corrected chi connectivity index (χ3v) is 3.23. The van der Waals surface area contributed by atoms with E-state index in [1.807, 2.05) is 0 Å². The molecule has 0 fully saturated rings. The molecule has 0 aliphatic rings. The molecule has 0 spiro atoms. The van der Waals surface area contributed by atoms with Gasteiger partial charge in [0.05, 0.1) is 17.9 Å². The van der Waals surface area contributed by atoms with Crippen LogP contribution in [0, 0.1) is 12.3 Å². The van der Waals surface area contributed by atoms with Gasteiger partial charge in [-0.15, -0.1) is 6.42 Å². The molecule has 3 amide bonds. The first-order valence-electron chi connectivity index (χ1n) is 7.30. The van der Waals surface area contributed by atoms with Gasteiger partial charge in [-0.25, -0.2) is 4.79 Å².